The van der Waals surface area contributed by atoms with Crippen molar-refractivity contribution in [2.75, 3.05) is 19.5 Å². The molecule has 4 heterocycles. The van der Waals surface area contributed by atoms with Gasteiger partial charge in [0.1, 0.15) is 6.04 Å². The molecule has 0 N–H and O–H groups in total. The maximum Gasteiger partial charge on any atom is 0.160 e. The van der Waals surface area contributed by atoms with Crippen molar-refractivity contribution in [2.24, 2.45) is 4.99 Å². The van der Waals surface area contributed by atoms with Crippen LogP contribution >= 0.6 is 11.8 Å². The molecule has 5 nitrogen and oxygen atoms in total. The summed E-state index contributed by atoms with van der Waals surface area (Å²) < 4.78 is 7.69. The van der Waals surface area contributed by atoms with E-state index in [0.717, 1.165) is 31.0 Å². The summed E-state index contributed by atoms with van der Waals surface area (Å²) in [7, 11) is 1.76. The second-order valence-electron chi connectivity index (χ2n) is 7.31. The van der Waals surface area contributed by atoms with Gasteiger partial charge in [-0.1, -0.05) is 24.8 Å². The molecule has 0 aliphatic carbocycles. The van der Waals surface area contributed by atoms with Crippen LogP contribution in [0.5, 0.6) is 0 Å². The van der Waals surface area contributed by atoms with Gasteiger partial charge in [-0.05, 0) is 44.0 Å². The number of methoxy groups -OCH3 is 1. The SMILES string of the molecule is CC[C@@H]1CSC2=N[C@@H](c3ccccn3)[C@H](c3cc(C)n(CCOC)c3C)N21. The fourth-order valence-electron chi connectivity index (χ4n) is 4.34. The van der Waals surface area contributed by atoms with Gasteiger partial charge in [-0.25, -0.2) is 0 Å². The maximum absolute atomic E-state index is 5.32. The van der Waals surface area contributed by atoms with E-state index in [-0.39, 0.29) is 12.1 Å². The topological polar surface area (TPSA) is 42.6 Å². The molecule has 2 aliphatic rings. The lowest BCUT2D eigenvalue weighted by Gasteiger charge is -2.32. The standard InChI is InChI=1S/C21H28N4OS/c1-5-16-13-27-21-23-19(18-8-6-7-9-22-18)20(25(16)21)17-12-14(2)24(15(17)3)10-11-26-4/h6-9,12,16,19-20H,5,10-11,13H2,1-4H3/t16-,19+,20+/m1/s1. The number of aliphatic imine (C=N–C) groups is 1. The first-order valence-electron chi connectivity index (χ1n) is 9.71. The van der Waals surface area contributed by atoms with Gasteiger partial charge >= 0.3 is 0 Å². The Hall–Kier alpha value is -1.79. The molecule has 27 heavy (non-hydrogen) atoms. The van der Waals surface area contributed by atoms with Gasteiger partial charge in [-0.15, -0.1) is 0 Å². The molecule has 3 atom stereocenters. The van der Waals surface area contributed by atoms with Crippen molar-refractivity contribution in [2.45, 2.75) is 51.9 Å². The number of aryl methyl sites for hydroxylation is 1. The third-order valence-electron chi connectivity index (χ3n) is 5.78. The van der Waals surface area contributed by atoms with Crippen LogP contribution in [-0.2, 0) is 11.3 Å². The minimum atomic E-state index is 0.0550. The van der Waals surface area contributed by atoms with Gasteiger partial charge in [0, 0.05) is 43.0 Å². The number of pyridine rings is 1. The summed E-state index contributed by atoms with van der Waals surface area (Å²) in [5, 5.41) is 1.18. The van der Waals surface area contributed by atoms with E-state index < -0.39 is 0 Å². The van der Waals surface area contributed by atoms with Crippen molar-refractivity contribution in [3.05, 3.63) is 53.1 Å². The number of amidine groups is 1. The minimum Gasteiger partial charge on any atom is -0.383 e. The lowest BCUT2D eigenvalue weighted by molar-refractivity contribution is 0.186. The zero-order chi connectivity index (χ0) is 19.0. The molecule has 2 aliphatic heterocycles. The van der Waals surface area contributed by atoms with Crippen molar-refractivity contribution in [3.63, 3.8) is 0 Å². The van der Waals surface area contributed by atoms with E-state index in [2.05, 4.69) is 53.4 Å². The van der Waals surface area contributed by atoms with Gasteiger partial charge in [-0.3, -0.25) is 9.98 Å². The average molecular weight is 385 g/mol. The molecule has 144 valence electrons. The summed E-state index contributed by atoms with van der Waals surface area (Å²) >= 11 is 1.89. The molecule has 0 aromatic carbocycles. The van der Waals surface area contributed by atoms with Crippen LogP contribution in [0.1, 0.15) is 48.1 Å². The molecule has 4 rings (SSSR count). The maximum atomic E-state index is 5.32. The molecule has 2 aromatic heterocycles. The predicted molar refractivity (Wildman–Crippen MR) is 111 cm³/mol. The number of nitrogens with zero attached hydrogens (tertiary/aromatic N) is 4. The Balaban J connectivity index is 1.78. The van der Waals surface area contributed by atoms with Crippen LogP contribution in [0.15, 0.2) is 35.5 Å². The number of fused-ring (bicyclic) bond motifs is 1. The third-order valence-corrected chi connectivity index (χ3v) is 6.91. The first kappa shape index (κ1) is 18.6. The fourth-order valence-corrected chi connectivity index (χ4v) is 5.68. The quantitative estimate of drug-likeness (QED) is 0.751. The average Bonchev–Trinajstić information content (AvgIpc) is 3.33. The molecular formula is C21H28N4OS. The molecule has 2 aromatic rings. The normalized spacial score (nSPS) is 24.4. The molecular weight excluding hydrogens is 356 g/mol. The van der Waals surface area contributed by atoms with E-state index in [1.807, 2.05) is 24.0 Å². The smallest absolute Gasteiger partial charge is 0.160 e. The molecule has 0 unspecified atom stereocenters. The number of ether oxygens (including phenoxy) is 1. The third kappa shape index (κ3) is 3.19. The van der Waals surface area contributed by atoms with E-state index in [0.29, 0.717) is 6.04 Å². The monoisotopic (exact) mass is 384 g/mol. The Kier molecular flexibility index (Phi) is 5.28. The van der Waals surface area contributed by atoms with Crippen LogP contribution in [0.4, 0.5) is 0 Å². The van der Waals surface area contributed by atoms with Crippen LogP contribution in [0.2, 0.25) is 0 Å². The number of thioether (sulfide) groups is 1. The van der Waals surface area contributed by atoms with E-state index in [1.54, 1.807) is 7.11 Å². The zero-order valence-electron chi connectivity index (χ0n) is 16.6. The molecule has 1 saturated heterocycles. The largest absolute Gasteiger partial charge is 0.383 e. The highest BCUT2D eigenvalue weighted by molar-refractivity contribution is 8.14. The van der Waals surface area contributed by atoms with Crippen LogP contribution in [-0.4, -0.2) is 45.1 Å². The van der Waals surface area contributed by atoms with Gasteiger partial charge in [0.25, 0.3) is 0 Å². The second kappa shape index (κ2) is 7.68. The Labute approximate surface area is 165 Å². The minimum absolute atomic E-state index is 0.0550. The van der Waals surface area contributed by atoms with Gasteiger partial charge in [0.2, 0.25) is 0 Å². The van der Waals surface area contributed by atoms with Gasteiger partial charge < -0.3 is 14.2 Å². The molecule has 0 amide bonds. The number of hydrogen-bond acceptors (Lipinski definition) is 5. The van der Waals surface area contributed by atoms with Crippen LogP contribution in [0, 0.1) is 13.8 Å². The molecule has 6 heteroatoms. The number of hydrogen-bond donors (Lipinski definition) is 0. The summed E-state index contributed by atoms with van der Waals surface area (Å²) in [4.78, 5) is 12.3. The van der Waals surface area contributed by atoms with Crippen LogP contribution in [0.25, 0.3) is 0 Å². The molecule has 0 spiro atoms. The van der Waals surface area contributed by atoms with Crippen molar-refractivity contribution in [3.8, 4) is 0 Å². The van der Waals surface area contributed by atoms with Gasteiger partial charge in [0.05, 0.1) is 18.3 Å². The highest BCUT2D eigenvalue weighted by atomic mass is 32.2. The number of rotatable bonds is 6. The van der Waals surface area contributed by atoms with Gasteiger partial charge in [-0.2, -0.15) is 0 Å². The zero-order valence-corrected chi connectivity index (χ0v) is 17.4. The Bertz CT molecular complexity index is 832. The summed E-state index contributed by atoms with van der Waals surface area (Å²) in [5.41, 5.74) is 5.03. The van der Waals surface area contributed by atoms with Crippen molar-refractivity contribution in [1.82, 2.24) is 14.5 Å². The Morgan fingerprint density at radius 1 is 1.30 bits per heavy atom. The lowest BCUT2D eigenvalue weighted by atomic mass is 9.95. The molecule has 1 fully saturated rings. The fraction of sp³-hybridized carbons (Fsp3) is 0.524. The first-order chi connectivity index (χ1) is 13.2. The molecule has 0 saturated carbocycles. The highest BCUT2D eigenvalue weighted by Gasteiger charge is 2.46. The van der Waals surface area contributed by atoms with Crippen LogP contribution in [0.3, 0.4) is 0 Å². The van der Waals surface area contributed by atoms with E-state index in [9.17, 15) is 0 Å². The Morgan fingerprint density at radius 3 is 2.85 bits per heavy atom. The van der Waals surface area contributed by atoms with E-state index in [4.69, 9.17) is 9.73 Å². The highest BCUT2D eigenvalue weighted by Crippen LogP contribution is 2.49. The van der Waals surface area contributed by atoms with E-state index >= 15 is 0 Å². The van der Waals surface area contributed by atoms with Gasteiger partial charge in [0.15, 0.2) is 5.17 Å². The van der Waals surface area contributed by atoms with E-state index in [1.165, 1.54) is 22.1 Å². The molecule has 0 bridgehead atoms. The first-order valence-corrected chi connectivity index (χ1v) is 10.7. The van der Waals surface area contributed by atoms with Crippen molar-refractivity contribution in [1.29, 1.82) is 0 Å². The van der Waals surface area contributed by atoms with Crippen molar-refractivity contribution < 1.29 is 4.74 Å². The number of aromatic nitrogens is 2. The lowest BCUT2D eigenvalue weighted by Crippen LogP contribution is -2.35. The molecule has 0 radical (unpaired) electrons. The van der Waals surface area contributed by atoms with Crippen LogP contribution < -0.4 is 0 Å². The predicted octanol–water partition coefficient (Wildman–Crippen LogP) is 4.13. The summed E-state index contributed by atoms with van der Waals surface area (Å²) in [5.74, 6) is 1.13. The second-order valence-corrected chi connectivity index (χ2v) is 8.29. The summed E-state index contributed by atoms with van der Waals surface area (Å²) in [6.07, 6.45) is 3.02. The summed E-state index contributed by atoms with van der Waals surface area (Å²) in [6.45, 7) is 8.31. The summed E-state index contributed by atoms with van der Waals surface area (Å²) in [6, 6.07) is 9.31. The Morgan fingerprint density at radius 2 is 2.15 bits per heavy atom. The van der Waals surface area contributed by atoms with Crippen molar-refractivity contribution >= 4 is 16.9 Å².